The van der Waals surface area contributed by atoms with E-state index in [2.05, 4.69) is 29.1 Å². The summed E-state index contributed by atoms with van der Waals surface area (Å²) < 4.78 is 0. The summed E-state index contributed by atoms with van der Waals surface area (Å²) in [6, 6.07) is 0. The topological polar surface area (TPSA) is 50.7 Å². The van der Waals surface area contributed by atoms with Gasteiger partial charge in [0.25, 0.3) is 0 Å². The summed E-state index contributed by atoms with van der Waals surface area (Å²) in [5.74, 6) is 1.51. The van der Waals surface area contributed by atoms with Crippen molar-refractivity contribution in [1.82, 2.24) is 20.3 Å². The van der Waals surface area contributed by atoms with E-state index in [1.807, 2.05) is 10.9 Å². The van der Waals surface area contributed by atoms with Crippen molar-refractivity contribution in [2.24, 2.45) is 5.92 Å². The Morgan fingerprint density at radius 3 is 3.05 bits per heavy atom. The fraction of sp³-hybridized carbons (Fsp3) is 0.562. The van der Waals surface area contributed by atoms with Gasteiger partial charge in [0.2, 0.25) is 0 Å². The number of fused-ring (bicyclic) bond motifs is 1. The van der Waals surface area contributed by atoms with Crippen LogP contribution in [0, 0.1) is 12.8 Å². The molecule has 0 radical (unpaired) electrons. The van der Waals surface area contributed by atoms with Crippen LogP contribution < -0.4 is 5.32 Å². The number of rotatable bonds is 5. The highest BCUT2D eigenvalue weighted by atomic mass is 32.1. The fourth-order valence-corrected chi connectivity index (χ4v) is 3.48. The molecule has 5 heteroatoms. The van der Waals surface area contributed by atoms with E-state index < -0.39 is 0 Å². The van der Waals surface area contributed by atoms with Gasteiger partial charge in [-0.15, -0.1) is 11.3 Å². The Balaban J connectivity index is 1.77. The number of aromatic nitrogens is 3. The van der Waals surface area contributed by atoms with Crippen molar-refractivity contribution >= 4 is 11.3 Å². The quantitative estimate of drug-likeness (QED) is 0.863. The highest BCUT2D eigenvalue weighted by molar-refractivity contribution is 7.07. The maximum Gasteiger partial charge on any atom is 0.179 e. The smallest absolute Gasteiger partial charge is 0.179 e. The standard InChI is InChI=1S/C16H22N4S/c1-3-6-17-8-12-4-5-14-13(7-12)11(2)19-16(20-14)15-9-21-10-18-15/h9-10,12,17H,3-8H2,1-2H3. The lowest BCUT2D eigenvalue weighted by Gasteiger charge is -2.25. The Hall–Kier alpha value is -1.33. The Kier molecular flexibility index (Phi) is 4.60. The second-order valence-corrected chi connectivity index (χ2v) is 6.46. The summed E-state index contributed by atoms with van der Waals surface area (Å²) in [6.07, 6.45) is 4.59. The van der Waals surface area contributed by atoms with Crippen LogP contribution in [-0.2, 0) is 12.8 Å². The first-order valence-electron chi connectivity index (χ1n) is 7.73. The maximum absolute atomic E-state index is 4.76. The molecule has 1 atom stereocenters. The average molecular weight is 302 g/mol. The number of thiazole rings is 1. The zero-order valence-electron chi connectivity index (χ0n) is 12.7. The summed E-state index contributed by atoms with van der Waals surface area (Å²) in [4.78, 5) is 13.8. The van der Waals surface area contributed by atoms with Crippen molar-refractivity contribution in [3.05, 3.63) is 27.8 Å². The fourth-order valence-electron chi connectivity index (χ4n) is 2.95. The van der Waals surface area contributed by atoms with E-state index >= 15 is 0 Å². The second kappa shape index (κ2) is 6.62. The van der Waals surface area contributed by atoms with Gasteiger partial charge < -0.3 is 5.32 Å². The number of nitrogens with one attached hydrogen (secondary N) is 1. The van der Waals surface area contributed by atoms with E-state index in [9.17, 15) is 0 Å². The van der Waals surface area contributed by atoms with Crippen LogP contribution in [0.15, 0.2) is 10.9 Å². The predicted molar refractivity (Wildman–Crippen MR) is 86.6 cm³/mol. The summed E-state index contributed by atoms with van der Waals surface area (Å²) in [5, 5.41) is 5.55. The molecule has 0 aliphatic heterocycles. The maximum atomic E-state index is 4.76. The van der Waals surface area contributed by atoms with E-state index in [0.717, 1.165) is 49.1 Å². The number of aryl methyl sites for hydroxylation is 2. The summed E-state index contributed by atoms with van der Waals surface area (Å²) in [6.45, 7) is 6.54. The average Bonchev–Trinajstić information content (AvgIpc) is 3.02. The van der Waals surface area contributed by atoms with Crippen LogP contribution in [0.4, 0.5) is 0 Å². The van der Waals surface area contributed by atoms with Crippen molar-refractivity contribution in [2.45, 2.75) is 39.5 Å². The first kappa shape index (κ1) is 14.6. The highest BCUT2D eigenvalue weighted by Crippen LogP contribution is 2.28. The zero-order chi connectivity index (χ0) is 14.7. The van der Waals surface area contributed by atoms with Gasteiger partial charge in [0.1, 0.15) is 5.69 Å². The second-order valence-electron chi connectivity index (χ2n) is 5.74. The molecule has 2 aromatic heterocycles. The SMILES string of the molecule is CCCNCC1CCc2nc(-c3cscn3)nc(C)c2C1. The Morgan fingerprint density at radius 1 is 1.38 bits per heavy atom. The third kappa shape index (κ3) is 3.30. The number of hydrogen-bond donors (Lipinski definition) is 1. The summed E-state index contributed by atoms with van der Waals surface area (Å²) in [7, 11) is 0. The van der Waals surface area contributed by atoms with Gasteiger partial charge in [-0.3, -0.25) is 0 Å². The first-order chi connectivity index (χ1) is 10.3. The van der Waals surface area contributed by atoms with Crippen LogP contribution in [0.5, 0.6) is 0 Å². The van der Waals surface area contributed by atoms with Gasteiger partial charge in [-0.05, 0) is 57.2 Å². The van der Waals surface area contributed by atoms with Crippen molar-refractivity contribution in [1.29, 1.82) is 0 Å². The van der Waals surface area contributed by atoms with E-state index in [4.69, 9.17) is 4.98 Å². The number of nitrogens with zero attached hydrogens (tertiary/aromatic N) is 3. The molecule has 1 unspecified atom stereocenters. The molecule has 0 amide bonds. The molecule has 0 saturated heterocycles. The molecule has 4 nitrogen and oxygen atoms in total. The molecule has 0 fully saturated rings. The zero-order valence-corrected chi connectivity index (χ0v) is 13.5. The minimum Gasteiger partial charge on any atom is -0.316 e. The van der Waals surface area contributed by atoms with Gasteiger partial charge in [-0.2, -0.15) is 0 Å². The first-order valence-corrected chi connectivity index (χ1v) is 8.68. The summed E-state index contributed by atoms with van der Waals surface area (Å²) in [5.41, 5.74) is 6.46. The molecule has 1 N–H and O–H groups in total. The molecule has 2 heterocycles. The van der Waals surface area contributed by atoms with Crippen molar-refractivity contribution in [2.75, 3.05) is 13.1 Å². The number of hydrogen-bond acceptors (Lipinski definition) is 5. The molecular formula is C16H22N4S. The van der Waals surface area contributed by atoms with E-state index in [-0.39, 0.29) is 0 Å². The van der Waals surface area contributed by atoms with Gasteiger partial charge in [-0.25, -0.2) is 15.0 Å². The van der Waals surface area contributed by atoms with Gasteiger partial charge in [-0.1, -0.05) is 6.92 Å². The lowest BCUT2D eigenvalue weighted by molar-refractivity contribution is 0.419. The van der Waals surface area contributed by atoms with Gasteiger partial charge in [0, 0.05) is 16.8 Å². The lowest BCUT2D eigenvalue weighted by atomic mass is 9.85. The normalized spacial score (nSPS) is 17.7. The molecule has 112 valence electrons. The largest absolute Gasteiger partial charge is 0.316 e. The van der Waals surface area contributed by atoms with Crippen LogP contribution >= 0.6 is 11.3 Å². The molecule has 3 rings (SSSR count). The van der Waals surface area contributed by atoms with Crippen LogP contribution in [0.3, 0.4) is 0 Å². The van der Waals surface area contributed by atoms with E-state index in [1.165, 1.54) is 24.1 Å². The molecule has 1 aliphatic carbocycles. The molecule has 0 saturated carbocycles. The van der Waals surface area contributed by atoms with Gasteiger partial charge in [0.05, 0.1) is 5.51 Å². The van der Waals surface area contributed by atoms with Gasteiger partial charge >= 0.3 is 0 Å². The molecule has 1 aliphatic rings. The van der Waals surface area contributed by atoms with Crippen molar-refractivity contribution in [3.63, 3.8) is 0 Å². The molecule has 0 spiro atoms. The lowest BCUT2D eigenvalue weighted by Crippen LogP contribution is -2.29. The van der Waals surface area contributed by atoms with Crippen LogP contribution in [0.2, 0.25) is 0 Å². The highest BCUT2D eigenvalue weighted by Gasteiger charge is 2.23. The molecule has 2 aromatic rings. The van der Waals surface area contributed by atoms with Crippen molar-refractivity contribution in [3.8, 4) is 11.5 Å². The minimum absolute atomic E-state index is 0.719. The third-order valence-corrected chi connectivity index (χ3v) is 4.69. The predicted octanol–water partition coefficient (Wildman–Crippen LogP) is 3.01. The Bertz CT molecular complexity index is 595. The molecule has 0 aromatic carbocycles. The third-order valence-electron chi connectivity index (χ3n) is 4.10. The van der Waals surface area contributed by atoms with Crippen LogP contribution in [0.25, 0.3) is 11.5 Å². The summed E-state index contributed by atoms with van der Waals surface area (Å²) >= 11 is 1.59. The van der Waals surface area contributed by atoms with Gasteiger partial charge in [0.15, 0.2) is 5.82 Å². The van der Waals surface area contributed by atoms with E-state index in [1.54, 1.807) is 11.3 Å². The Morgan fingerprint density at radius 2 is 2.29 bits per heavy atom. The van der Waals surface area contributed by atoms with E-state index in [0.29, 0.717) is 0 Å². The van der Waals surface area contributed by atoms with Crippen molar-refractivity contribution < 1.29 is 0 Å². The Labute approximate surface area is 130 Å². The van der Waals surface area contributed by atoms with Crippen LogP contribution in [-0.4, -0.2) is 28.0 Å². The van der Waals surface area contributed by atoms with Crippen LogP contribution in [0.1, 0.15) is 36.7 Å². The molecular weight excluding hydrogens is 280 g/mol. The monoisotopic (exact) mass is 302 g/mol. The molecule has 21 heavy (non-hydrogen) atoms. The minimum atomic E-state index is 0.719. The molecule has 0 bridgehead atoms.